The SMILES string of the molecule is C.O=C1CC=CCO1. The van der Waals surface area contributed by atoms with Gasteiger partial charge in [-0.1, -0.05) is 19.6 Å². The Labute approximate surface area is 49.1 Å². The first-order valence-electron chi connectivity index (χ1n) is 2.20. The van der Waals surface area contributed by atoms with Crippen LogP contribution in [-0.2, 0) is 9.53 Å². The molecular formula is C6H10O2. The largest absolute Gasteiger partial charge is 0.461 e. The summed E-state index contributed by atoms with van der Waals surface area (Å²) in [5, 5.41) is 0. The number of ether oxygens (including phenoxy) is 1. The third kappa shape index (κ3) is 1.78. The highest BCUT2D eigenvalue weighted by Gasteiger charge is 2.00. The molecule has 0 aromatic heterocycles. The molecule has 0 N–H and O–H groups in total. The Balaban J connectivity index is 0.000000490. The minimum Gasteiger partial charge on any atom is -0.461 e. The van der Waals surface area contributed by atoms with Crippen molar-refractivity contribution < 1.29 is 9.53 Å². The molecule has 0 saturated carbocycles. The number of carbonyl (C=O) groups is 1. The van der Waals surface area contributed by atoms with E-state index in [2.05, 4.69) is 4.74 Å². The summed E-state index contributed by atoms with van der Waals surface area (Å²) in [6.45, 7) is 0.457. The highest BCUT2D eigenvalue weighted by Crippen LogP contribution is 1.94. The topological polar surface area (TPSA) is 26.3 Å². The van der Waals surface area contributed by atoms with Crippen molar-refractivity contribution in [1.82, 2.24) is 0 Å². The number of esters is 1. The quantitative estimate of drug-likeness (QED) is 0.348. The fraction of sp³-hybridized carbons (Fsp3) is 0.500. The molecule has 0 aliphatic carbocycles. The van der Waals surface area contributed by atoms with Crippen molar-refractivity contribution in [2.75, 3.05) is 6.61 Å². The first kappa shape index (κ1) is 7.21. The van der Waals surface area contributed by atoms with E-state index in [0.29, 0.717) is 13.0 Å². The molecule has 1 aliphatic rings. The van der Waals surface area contributed by atoms with Crippen LogP contribution in [0.4, 0.5) is 0 Å². The Hall–Kier alpha value is -0.790. The smallest absolute Gasteiger partial charge is 0.309 e. The predicted molar refractivity (Wildman–Crippen MR) is 31.4 cm³/mol. The number of cyclic esters (lactones) is 1. The molecule has 0 bridgehead atoms. The molecule has 0 spiro atoms. The average molecular weight is 114 g/mol. The molecule has 0 aromatic carbocycles. The van der Waals surface area contributed by atoms with Crippen molar-refractivity contribution in [3.63, 3.8) is 0 Å². The minimum atomic E-state index is -0.123. The first-order valence-corrected chi connectivity index (χ1v) is 2.20. The highest BCUT2D eigenvalue weighted by atomic mass is 16.5. The van der Waals surface area contributed by atoms with Crippen LogP contribution in [0, 0.1) is 0 Å². The fourth-order valence-corrected chi connectivity index (χ4v) is 0.448. The molecule has 0 saturated heterocycles. The van der Waals surface area contributed by atoms with Crippen molar-refractivity contribution >= 4 is 5.97 Å². The predicted octanol–water partition coefficient (Wildman–Crippen LogP) is 1.13. The molecule has 0 unspecified atom stereocenters. The lowest BCUT2D eigenvalue weighted by Crippen LogP contribution is -2.06. The number of rotatable bonds is 0. The maximum atomic E-state index is 10.2. The lowest BCUT2D eigenvalue weighted by Gasteiger charge is -2.01. The van der Waals surface area contributed by atoms with Crippen LogP contribution in [0.3, 0.4) is 0 Å². The van der Waals surface area contributed by atoms with Crippen molar-refractivity contribution in [3.8, 4) is 0 Å². The average Bonchev–Trinajstić information content (AvgIpc) is 1.69. The summed E-state index contributed by atoms with van der Waals surface area (Å²) in [6, 6.07) is 0. The zero-order valence-electron chi connectivity index (χ0n) is 3.89. The van der Waals surface area contributed by atoms with Crippen LogP contribution in [0.5, 0.6) is 0 Å². The van der Waals surface area contributed by atoms with Gasteiger partial charge in [0.2, 0.25) is 0 Å². The summed E-state index contributed by atoms with van der Waals surface area (Å²) in [4.78, 5) is 10.2. The van der Waals surface area contributed by atoms with Crippen molar-refractivity contribution in [2.24, 2.45) is 0 Å². The molecular weight excluding hydrogens is 104 g/mol. The summed E-state index contributed by atoms with van der Waals surface area (Å²) in [7, 11) is 0. The van der Waals surface area contributed by atoms with Gasteiger partial charge in [0, 0.05) is 0 Å². The molecule has 1 aliphatic heterocycles. The van der Waals surface area contributed by atoms with E-state index in [9.17, 15) is 4.79 Å². The van der Waals surface area contributed by atoms with E-state index in [1.54, 1.807) is 0 Å². The monoisotopic (exact) mass is 114 g/mol. The van der Waals surface area contributed by atoms with E-state index in [4.69, 9.17) is 0 Å². The number of hydrogen-bond acceptors (Lipinski definition) is 2. The molecule has 0 fully saturated rings. The third-order valence-electron chi connectivity index (χ3n) is 0.792. The van der Waals surface area contributed by atoms with Crippen LogP contribution < -0.4 is 0 Å². The second-order valence-corrected chi connectivity index (χ2v) is 1.36. The number of carbonyl (C=O) groups excluding carboxylic acids is 1. The van der Waals surface area contributed by atoms with Gasteiger partial charge in [-0.15, -0.1) is 0 Å². The van der Waals surface area contributed by atoms with Crippen LogP contribution in [0.15, 0.2) is 12.2 Å². The Morgan fingerprint density at radius 3 is 2.50 bits per heavy atom. The van der Waals surface area contributed by atoms with Crippen LogP contribution in [0.25, 0.3) is 0 Å². The van der Waals surface area contributed by atoms with Crippen LogP contribution >= 0.6 is 0 Å². The van der Waals surface area contributed by atoms with Gasteiger partial charge in [-0.25, -0.2) is 0 Å². The molecule has 46 valence electrons. The number of hydrogen-bond donors (Lipinski definition) is 0. The van der Waals surface area contributed by atoms with E-state index in [-0.39, 0.29) is 13.4 Å². The molecule has 0 radical (unpaired) electrons. The van der Waals surface area contributed by atoms with Crippen LogP contribution in [0.2, 0.25) is 0 Å². The lowest BCUT2D eigenvalue weighted by molar-refractivity contribution is -0.142. The molecule has 0 amide bonds. The third-order valence-corrected chi connectivity index (χ3v) is 0.792. The summed E-state index contributed by atoms with van der Waals surface area (Å²) in [5.41, 5.74) is 0. The van der Waals surface area contributed by atoms with Gasteiger partial charge >= 0.3 is 5.97 Å². The van der Waals surface area contributed by atoms with Crippen LogP contribution in [-0.4, -0.2) is 12.6 Å². The van der Waals surface area contributed by atoms with Gasteiger partial charge in [-0.05, 0) is 0 Å². The van der Waals surface area contributed by atoms with Gasteiger partial charge in [-0.3, -0.25) is 4.79 Å². The first-order chi connectivity index (χ1) is 3.39. The fourth-order valence-electron chi connectivity index (χ4n) is 0.448. The second kappa shape index (κ2) is 3.24. The molecule has 8 heavy (non-hydrogen) atoms. The normalized spacial score (nSPS) is 16.8. The Morgan fingerprint density at radius 1 is 1.50 bits per heavy atom. The van der Waals surface area contributed by atoms with Gasteiger partial charge < -0.3 is 4.74 Å². The van der Waals surface area contributed by atoms with Gasteiger partial charge in [0.1, 0.15) is 6.61 Å². The van der Waals surface area contributed by atoms with E-state index < -0.39 is 0 Å². The van der Waals surface area contributed by atoms with Crippen molar-refractivity contribution in [2.45, 2.75) is 13.8 Å². The molecule has 1 heterocycles. The van der Waals surface area contributed by atoms with Gasteiger partial charge in [-0.2, -0.15) is 0 Å². The van der Waals surface area contributed by atoms with Gasteiger partial charge in [0.25, 0.3) is 0 Å². The molecule has 0 aromatic rings. The summed E-state index contributed by atoms with van der Waals surface area (Å²) >= 11 is 0. The van der Waals surface area contributed by atoms with Crippen molar-refractivity contribution in [1.29, 1.82) is 0 Å². The summed E-state index contributed by atoms with van der Waals surface area (Å²) < 4.78 is 4.55. The van der Waals surface area contributed by atoms with E-state index in [1.807, 2.05) is 12.2 Å². The highest BCUT2D eigenvalue weighted by molar-refractivity contribution is 5.72. The molecule has 1 rings (SSSR count). The van der Waals surface area contributed by atoms with Crippen LogP contribution in [0.1, 0.15) is 13.8 Å². The van der Waals surface area contributed by atoms with E-state index in [0.717, 1.165) is 0 Å². The Kier molecular flexibility index (Phi) is 2.92. The summed E-state index contributed by atoms with van der Waals surface area (Å²) in [5.74, 6) is -0.123. The second-order valence-electron chi connectivity index (χ2n) is 1.36. The molecule has 2 nitrogen and oxygen atoms in total. The maximum Gasteiger partial charge on any atom is 0.309 e. The lowest BCUT2D eigenvalue weighted by atomic mass is 10.3. The summed E-state index contributed by atoms with van der Waals surface area (Å²) in [6.07, 6.45) is 4.09. The van der Waals surface area contributed by atoms with E-state index in [1.165, 1.54) is 0 Å². The van der Waals surface area contributed by atoms with Crippen molar-refractivity contribution in [3.05, 3.63) is 12.2 Å². The molecule has 2 heteroatoms. The Bertz CT molecular complexity index is 105. The minimum absolute atomic E-state index is 0. The molecule has 0 atom stereocenters. The van der Waals surface area contributed by atoms with Gasteiger partial charge in [0.05, 0.1) is 6.42 Å². The Morgan fingerprint density at radius 2 is 2.25 bits per heavy atom. The zero-order valence-corrected chi connectivity index (χ0v) is 3.89. The maximum absolute atomic E-state index is 10.2. The van der Waals surface area contributed by atoms with E-state index >= 15 is 0 Å². The van der Waals surface area contributed by atoms with Gasteiger partial charge in [0.15, 0.2) is 0 Å². The zero-order chi connectivity index (χ0) is 5.11. The standard InChI is InChI=1S/C5H6O2.CH4/c6-5-3-1-2-4-7-5;/h1-2H,3-4H2;1H4.